The van der Waals surface area contributed by atoms with Gasteiger partial charge in [-0.2, -0.15) is 0 Å². The minimum atomic E-state index is -0.796. The number of aryl methyl sites for hydroxylation is 2. The van der Waals surface area contributed by atoms with E-state index in [2.05, 4.69) is 5.32 Å². The normalized spacial score (nSPS) is 11.4. The molecule has 0 atom stereocenters. The molecule has 0 aromatic heterocycles. The molecule has 0 aliphatic rings. The van der Waals surface area contributed by atoms with Crippen LogP contribution >= 0.6 is 0 Å². The maximum absolute atomic E-state index is 12.0. The Bertz CT molecular complexity index is 423. The molecule has 0 fully saturated rings. The molecular formula is C15H23NO2. The predicted octanol–water partition coefficient (Wildman–Crippen LogP) is 2.58. The van der Waals surface area contributed by atoms with E-state index in [0.29, 0.717) is 24.9 Å². The maximum atomic E-state index is 12.0. The Kier molecular flexibility index (Phi) is 4.91. The van der Waals surface area contributed by atoms with Crippen LogP contribution in [-0.4, -0.2) is 23.2 Å². The lowest BCUT2D eigenvalue weighted by Crippen LogP contribution is -2.42. The second-order valence-corrected chi connectivity index (χ2v) is 4.91. The fourth-order valence-electron chi connectivity index (χ4n) is 1.73. The van der Waals surface area contributed by atoms with Crippen molar-refractivity contribution >= 4 is 5.91 Å². The zero-order valence-corrected chi connectivity index (χ0v) is 11.7. The summed E-state index contributed by atoms with van der Waals surface area (Å²) in [6, 6.07) is 5.63. The highest BCUT2D eigenvalue weighted by Gasteiger charge is 2.22. The average Bonchev–Trinajstić information content (AvgIpc) is 2.38. The van der Waals surface area contributed by atoms with Gasteiger partial charge in [0.25, 0.3) is 5.91 Å². The van der Waals surface area contributed by atoms with Crippen molar-refractivity contribution in [2.45, 2.75) is 46.1 Å². The number of hydrogen-bond acceptors (Lipinski definition) is 2. The molecule has 3 heteroatoms. The molecule has 1 aromatic rings. The fraction of sp³-hybridized carbons (Fsp3) is 0.533. The number of carbonyl (C=O) groups is 1. The number of nitrogens with one attached hydrogen (secondary N) is 1. The third-order valence-electron chi connectivity index (χ3n) is 3.66. The molecule has 0 heterocycles. The standard InChI is InChI=1S/C15H23NO2/c1-5-15(18,6-2)10-16-14(17)13-8-7-11(3)12(4)9-13/h7-9,18H,5-6,10H2,1-4H3,(H,16,17). The van der Waals surface area contributed by atoms with Crippen LogP contribution in [0.5, 0.6) is 0 Å². The summed E-state index contributed by atoms with van der Waals surface area (Å²) in [4.78, 5) is 12.0. The molecular weight excluding hydrogens is 226 g/mol. The van der Waals surface area contributed by atoms with Gasteiger partial charge in [-0.05, 0) is 49.9 Å². The van der Waals surface area contributed by atoms with E-state index in [0.717, 1.165) is 5.56 Å². The fourth-order valence-corrected chi connectivity index (χ4v) is 1.73. The quantitative estimate of drug-likeness (QED) is 0.842. The minimum Gasteiger partial charge on any atom is -0.388 e. The lowest BCUT2D eigenvalue weighted by atomic mass is 9.97. The second kappa shape index (κ2) is 6.01. The van der Waals surface area contributed by atoms with Gasteiger partial charge >= 0.3 is 0 Å². The molecule has 2 N–H and O–H groups in total. The third kappa shape index (κ3) is 3.57. The van der Waals surface area contributed by atoms with E-state index in [1.54, 1.807) is 0 Å². The summed E-state index contributed by atoms with van der Waals surface area (Å²) in [5.41, 5.74) is 2.12. The Balaban J connectivity index is 2.68. The Hall–Kier alpha value is -1.35. The van der Waals surface area contributed by atoms with Gasteiger partial charge in [-0.3, -0.25) is 4.79 Å². The van der Waals surface area contributed by atoms with Gasteiger partial charge in [-0.15, -0.1) is 0 Å². The topological polar surface area (TPSA) is 49.3 Å². The van der Waals surface area contributed by atoms with Crippen LogP contribution in [-0.2, 0) is 0 Å². The smallest absolute Gasteiger partial charge is 0.251 e. The average molecular weight is 249 g/mol. The number of benzene rings is 1. The second-order valence-electron chi connectivity index (χ2n) is 4.91. The molecule has 18 heavy (non-hydrogen) atoms. The van der Waals surface area contributed by atoms with Gasteiger partial charge in [-0.1, -0.05) is 19.9 Å². The van der Waals surface area contributed by atoms with Gasteiger partial charge in [-0.25, -0.2) is 0 Å². The first-order valence-corrected chi connectivity index (χ1v) is 6.49. The molecule has 0 radical (unpaired) electrons. The minimum absolute atomic E-state index is 0.126. The van der Waals surface area contributed by atoms with Crippen LogP contribution in [0.3, 0.4) is 0 Å². The Labute approximate surface area is 109 Å². The van der Waals surface area contributed by atoms with Gasteiger partial charge in [0.2, 0.25) is 0 Å². The van der Waals surface area contributed by atoms with Crippen molar-refractivity contribution in [1.82, 2.24) is 5.32 Å². The van der Waals surface area contributed by atoms with Crippen LogP contribution < -0.4 is 5.32 Å². The van der Waals surface area contributed by atoms with E-state index in [9.17, 15) is 9.90 Å². The first kappa shape index (κ1) is 14.7. The molecule has 0 unspecified atom stereocenters. The van der Waals surface area contributed by atoms with Crippen molar-refractivity contribution in [2.75, 3.05) is 6.54 Å². The zero-order valence-electron chi connectivity index (χ0n) is 11.7. The maximum Gasteiger partial charge on any atom is 0.251 e. The number of amides is 1. The van der Waals surface area contributed by atoms with Gasteiger partial charge < -0.3 is 10.4 Å². The lowest BCUT2D eigenvalue weighted by molar-refractivity contribution is 0.0314. The van der Waals surface area contributed by atoms with Gasteiger partial charge in [0.15, 0.2) is 0 Å². The number of hydrogen-bond donors (Lipinski definition) is 2. The Morgan fingerprint density at radius 2 is 1.83 bits per heavy atom. The van der Waals surface area contributed by atoms with Gasteiger partial charge in [0.1, 0.15) is 0 Å². The van der Waals surface area contributed by atoms with Crippen LogP contribution in [0.1, 0.15) is 48.2 Å². The van der Waals surface area contributed by atoms with Crippen molar-refractivity contribution < 1.29 is 9.90 Å². The monoisotopic (exact) mass is 249 g/mol. The van der Waals surface area contributed by atoms with Crippen molar-refractivity contribution in [2.24, 2.45) is 0 Å². The van der Waals surface area contributed by atoms with E-state index >= 15 is 0 Å². The van der Waals surface area contributed by atoms with Crippen molar-refractivity contribution in [3.8, 4) is 0 Å². The molecule has 1 rings (SSSR count). The summed E-state index contributed by atoms with van der Waals surface area (Å²) in [6.07, 6.45) is 1.27. The van der Waals surface area contributed by atoms with Crippen molar-refractivity contribution in [3.05, 3.63) is 34.9 Å². The zero-order chi connectivity index (χ0) is 13.8. The van der Waals surface area contributed by atoms with Gasteiger partial charge in [0.05, 0.1) is 5.60 Å². The van der Waals surface area contributed by atoms with E-state index < -0.39 is 5.60 Å². The third-order valence-corrected chi connectivity index (χ3v) is 3.66. The first-order chi connectivity index (χ1) is 8.41. The summed E-state index contributed by atoms with van der Waals surface area (Å²) < 4.78 is 0. The molecule has 1 aromatic carbocycles. The molecule has 0 spiro atoms. The van der Waals surface area contributed by atoms with Crippen LogP contribution in [0, 0.1) is 13.8 Å². The lowest BCUT2D eigenvalue weighted by Gasteiger charge is -2.25. The van der Waals surface area contributed by atoms with Crippen molar-refractivity contribution in [1.29, 1.82) is 0 Å². The molecule has 0 saturated carbocycles. The van der Waals surface area contributed by atoms with Crippen molar-refractivity contribution in [3.63, 3.8) is 0 Å². The molecule has 1 amide bonds. The van der Waals surface area contributed by atoms with E-state index in [1.165, 1.54) is 5.56 Å². The highest BCUT2D eigenvalue weighted by molar-refractivity contribution is 5.94. The number of rotatable bonds is 5. The van der Waals surface area contributed by atoms with Crippen LogP contribution in [0.25, 0.3) is 0 Å². The SMILES string of the molecule is CCC(O)(CC)CNC(=O)c1ccc(C)c(C)c1. The predicted molar refractivity (Wildman–Crippen MR) is 73.8 cm³/mol. The highest BCUT2D eigenvalue weighted by atomic mass is 16.3. The first-order valence-electron chi connectivity index (χ1n) is 6.49. The summed E-state index contributed by atoms with van der Waals surface area (Å²) >= 11 is 0. The van der Waals surface area contributed by atoms with E-state index in [4.69, 9.17) is 0 Å². The summed E-state index contributed by atoms with van der Waals surface area (Å²) in [5, 5.41) is 12.9. The molecule has 0 bridgehead atoms. The largest absolute Gasteiger partial charge is 0.388 e. The summed E-state index contributed by atoms with van der Waals surface area (Å²) in [6.45, 7) is 8.15. The van der Waals surface area contributed by atoms with Gasteiger partial charge in [0, 0.05) is 12.1 Å². The Morgan fingerprint density at radius 1 is 1.22 bits per heavy atom. The highest BCUT2D eigenvalue weighted by Crippen LogP contribution is 2.14. The van der Waals surface area contributed by atoms with Crippen LogP contribution in [0.4, 0.5) is 0 Å². The van der Waals surface area contributed by atoms with Crippen LogP contribution in [0.2, 0.25) is 0 Å². The summed E-state index contributed by atoms with van der Waals surface area (Å²) in [5.74, 6) is -0.126. The van der Waals surface area contributed by atoms with E-state index in [1.807, 2.05) is 45.9 Å². The molecule has 0 aliphatic heterocycles. The van der Waals surface area contributed by atoms with E-state index in [-0.39, 0.29) is 5.91 Å². The number of aliphatic hydroxyl groups is 1. The summed E-state index contributed by atoms with van der Waals surface area (Å²) in [7, 11) is 0. The molecule has 0 saturated heterocycles. The van der Waals surface area contributed by atoms with Crippen LogP contribution in [0.15, 0.2) is 18.2 Å². The molecule has 0 aliphatic carbocycles. The molecule has 3 nitrogen and oxygen atoms in total. The number of carbonyl (C=O) groups excluding carboxylic acids is 1. The Morgan fingerprint density at radius 3 is 2.33 bits per heavy atom. The molecule has 100 valence electrons.